The molecule has 112 valence electrons. The van der Waals surface area contributed by atoms with Crippen molar-refractivity contribution in [1.29, 1.82) is 0 Å². The highest BCUT2D eigenvalue weighted by atomic mass is 32.2. The first-order valence-corrected chi connectivity index (χ1v) is 8.71. The van der Waals surface area contributed by atoms with Gasteiger partial charge in [0.15, 0.2) is 5.13 Å². The molecule has 2 heterocycles. The van der Waals surface area contributed by atoms with Crippen LogP contribution in [-0.2, 0) is 26.2 Å². The van der Waals surface area contributed by atoms with E-state index in [-0.39, 0.29) is 17.5 Å². The van der Waals surface area contributed by atoms with Gasteiger partial charge in [0.1, 0.15) is 0 Å². The van der Waals surface area contributed by atoms with E-state index in [2.05, 4.69) is 9.71 Å². The van der Waals surface area contributed by atoms with E-state index in [1.165, 1.54) is 4.31 Å². The highest BCUT2D eigenvalue weighted by molar-refractivity contribution is 7.90. The Balaban J connectivity index is 1.97. The molecule has 1 aromatic heterocycles. The van der Waals surface area contributed by atoms with Crippen molar-refractivity contribution in [3.63, 3.8) is 0 Å². The van der Waals surface area contributed by atoms with Gasteiger partial charge in [0.2, 0.25) is 0 Å². The number of aromatic nitrogens is 1. The van der Waals surface area contributed by atoms with E-state index >= 15 is 0 Å². The molecule has 1 fully saturated rings. The SMILES string of the molecule is CCOC(=O)Cc1csc(NS(=O)(=O)N2CCCC2)n1. The summed E-state index contributed by atoms with van der Waals surface area (Å²) in [6, 6.07) is 0. The van der Waals surface area contributed by atoms with E-state index < -0.39 is 10.2 Å². The number of rotatable bonds is 6. The van der Waals surface area contributed by atoms with Crippen LogP contribution in [0.15, 0.2) is 5.38 Å². The second-order valence-electron chi connectivity index (χ2n) is 4.34. The zero-order chi connectivity index (χ0) is 14.6. The molecule has 0 bridgehead atoms. The van der Waals surface area contributed by atoms with Gasteiger partial charge in [0.05, 0.1) is 18.7 Å². The summed E-state index contributed by atoms with van der Waals surface area (Å²) in [5, 5.41) is 1.93. The van der Waals surface area contributed by atoms with Crippen LogP contribution in [0.25, 0.3) is 0 Å². The van der Waals surface area contributed by atoms with Crippen molar-refractivity contribution in [2.24, 2.45) is 0 Å². The summed E-state index contributed by atoms with van der Waals surface area (Å²) < 4.78 is 32.7. The van der Waals surface area contributed by atoms with Crippen LogP contribution in [0.5, 0.6) is 0 Å². The van der Waals surface area contributed by atoms with Crippen LogP contribution in [0.2, 0.25) is 0 Å². The van der Waals surface area contributed by atoms with Crippen LogP contribution < -0.4 is 4.72 Å². The summed E-state index contributed by atoms with van der Waals surface area (Å²) in [5.74, 6) is -0.369. The number of carbonyl (C=O) groups is 1. The lowest BCUT2D eigenvalue weighted by atomic mass is 10.3. The Morgan fingerprint density at radius 3 is 2.85 bits per heavy atom. The summed E-state index contributed by atoms with van der Waals surface area (Å²) in [6.07, 6.45) is 1.82. The van der Waals surface area contributed by atoms with Gasteiger partial charge in [-0.1, -0.05) is 0 Å². The fourth-order valence-corrected chi connectivity index (χ4v) is 4.09. The van der Waals surface area contributed by atoms with E-state index in [1.54, 1.807) is 12.3 Å². The van der Waals surface area contributed by atoms with Crippen LogP contribution in [0.3, 0.4) is 0 Å². The number of ether oxygens (including phenoxy) is 1. The molecule has 0 spiro atoms. The van der Waals surface area contributed by atoms with Crippen molar-refractivity contribution in [3.8, 4) is 0 Å². The Labute approximate surface area is 122 Å². The summed E-state index contributed by atoms with van der Waals surface area (Å²) in [4.78, 5) is 15.4. The fourth-order valence-electron chi connectivity index (χ4n) is 1.90. The molecule has 1 saturated heterocycles. The van der Waals surface area contributed by atoms with Crippen LogP contribution >= 0.6 is 11.3 Å². The minimum atomic E-state index is -3.52. The first-order valence-electron chi connectivity index (χ1n) is 6.39. The summed E-state index contributed by atoms with van der Waals surface area (Å²) >= 11 is 1.16. The molecule has 7 nitrogen and oxygen atoms in total. The Morgan fingerprint density at radius 2 is 2.20 bits per heavy atom. The summed E-state index contributed by atoms with van der Waals surface area (Å²) in [7, 11) is -3.52. The normalized spacial score (nSPS) is 16.2. The van der Waals surface area contributed by atoms with Gasteiger partial charge in [-0.15, -0.1) is 11.3 Å². The molecular formula is C11H17N3O4S2. The average molecular weight is 319 g/mol. The smallest absolute Gasteiger partial charge is 0.311 e. The van der Waals surface area contributed by atoms with Crippen LogP contribution in [0.4, 0.5) is 5.13 Å². The lowest BCUT2D eigenvalue weighted by molar-refractivity contribution is -0.142. The number of esters is 1. The average Bonchev–Trinajstić information content (AvgIpc) is 3.00. The third kappa shape index (κ3) is 3.90. The number of carbonyl (C=O) groups excluding carboxylic acids is 1. The van der Waals surface area contributed by atoms with Crippen LogP contribution in [-0.4, -0.2) is 43.4 Å². The van der Waals surface area contributed by atoms with E-state index in [4.69, 9.17) is 4.74 Å². The van der Waals surface area contributed by atoms with E-state index in [1.807, 2.05) is 0 Å². The molecule has 20 heavy (non-hydrogen) atoms. The Hall–Kier alpha value is -1.19. The fraction of sp³-hybridized carbons (Fsp3) is 0.636. The Bertz CT molecular complexity index is 564. The zero-order valence-electron chi connectivity index (χ0n) is 11.2. The van der Waals surface area contributed by atoms with Gasteiger partial charge in [-0.2, -0.15) is 12.7 Å². The monoisotopic (exact) mass is 319 g/mol. The van der Waals surface area contributed by atoms with Gasteiger partial charge in [-0.3, -0.25) is 4.79 Å². The molecule has 1 aliphatic heterocycles. The van der Waals surface area contributed by atoms with Crippen LogP contribution in [0, 0.1) is 0 Å². The predicted octanol–water partition coefficient (Wildman–Crippen LogP) is 1.00. The third-order valence-corrected chi connectivity index (χ3v) is 5.24. The first kappa shape index (κ1) is 15.2. The third-order valence-electron chi connectivity index (χ3n) is 2.80. The molecule has 1 aromatic rings. The zero-order valence-corrected chi connectivity index (χ0v) is 12.8. The summed E-state index contributed by atoms with van der Waals surface area (Å²) in [6.45, 7) is 3.12. The molecule has 1 N–H and O–H groups in total. The van der Waals surface area contributed by atoms with Gasteiger partial charge in [0.25, 0.3) is 0 Å². The lowest BCUT2D eigenvalue weighted by Crippen LogP contribution is -2.33. The topological polar surface area (TPSA) is 88.6 Å². The number of nitrogens with one attached hydrogen (secondary N) is 1. The molecule has 0 radical (unpaired) electrons. The largest absolute Gasteiger partial charge is 0.466 e. The molecule has 1 aliphatic rings. The Morgan fingerprint density at radius 1 is 1.50 bits per heavy atom. The van der Waals surface area contributed by atoms with Crippen molar-refractivity contribution in [2.45, 2.75) is 26.2 Å². The molecule has 0 aliphatic carbocycles. The molecular weight excluding hydrogens is 302 g/mol. The molecule has 9 heteroatoms. The Kier molecular flexibility index (Phi) is 4.95. The van der Waals surface area contributed by atoms with Gasteiger partial charge < -0.3 is 4.74 Å². The number of thiazole rings is 1. The van der Waals surface area contributed by atoms with Crippen molar-refractivity contribution in [3.05, 3.63) is 11.1 Å². The lowest BCUT2D eigenvalue weighted by Gasteiger charge is -2.14. The number of hydrogen-bond acceptors (Lipinski definition) is 6. The van der Waals surface area contributed by atoms with Gasteiger partial charge in [-0.05, 0) is 19.8 Å². The maximum atomic E-state index is 12.0. The minimum Gasteiger partial charge on any atom is -0.466 e. The van der Waals surface area contributed by atoms with Crippen molar-refractivity contribution in [1.82, 2.24) is 9.29 Å². The number of anilines is 1. The molecule has 0 atom stereocenters. The quantitative estimate of drug-likeness (QED) is 0.790. The standard InChI is InChI=1S/C11H17N3O4S2/c1-2-18-10(15)7-9-8-19-11(12-9)13-20(16,17)14-5-3-4-6-14/h8H,2-7H2,1H3,(H,12,13). The molecule has 0 aromatic carbocycles. The van der Waals surface area contributed by atoms with E-state index in [9.17, 15) is 13.2 Å². The van der Waals surface area contributed by atoms with Gasteiger partial charge in [-0.25, -0.2) is 9.71 Å². The minimum absolute atomic E-state index is 0.0514. The maximum Gasteiger partial charge on any atom is 0.311 e. The second kappa shape index (κ2) is 6.51. The van der Waals surface area contributed by atoms with E-state index in [0.717, 1.165) is 24.2 Å². The highest BCUT2D eigenvalue weighted by Crippen LogP contribution is 2.20. The number of hydrogen-bond donors (Lipinski definition) is 1. The molecule has 0 amide bonds. The second-order valence-corrected chi connectivity index (χ2v) is 6.87. The van der Waals surface area contributed by atoms with E-state index in [0.29, 0.717) is 25.4 Å². The molecule has 0 saturated carbocycles. The number of nitrogens with zero attached hydrogens (tertiary/aromatic N) is 2. The first-order chi connectivity index (χ1) is 9.51. The van der Waals surface area contributed by atoms with Gasteiger partial charge >= 0.3 is 16.2 Å². The summed E-state index contributed by atoms with van der Waals surface area (Å²) in [5.41, 5.74) is 0.507. The molecule has 2 rings (SSSR count). The van der Waals surface area contributed by atoms with Crippen molar-refractivity contribution < 1.29 is 17.9 Å². The van der Waals surface area contributed by atoms with Crippen molar-refractivity contribution in [2.75, 3.05) is 24.4 Å². The molecule has 0 unspecified atom stereocenters. The van der Waals surface area contributed by atoms with Gasteiger partial charge in [0, 0.05) is 18.5 Å². The van der Waals surface area contributed by atoms with Crippen molar-refractivity contribution >= 4 is 32.6 Å². The van der Waals surface area contributed by atoms with Crippen LogP contribution in [0.1, 0.15) is 25.5 Å². The highest BCUT2D eigenvalue weighted by Gasteiger charge is 2.26. The predicted molar refractivity (Wildman–Crippen MR) is 75.8 cm³/mol. The maximum absolute atomic E-state index is 12.0.